The van der Waals surface area contributed by atoms with Crippen molar-refractivity contribution in [2.75, 3.05) is 19.7 Å². The molecular formula is C12H16Cl2N2O. The molecule has 0 aromatic carbocycles. The Kier molecular flexibility index (Phi) is 4.62. The van der Waals surface area contributed by atoms with E-state index >= 15 is 0 Å². The van der Waals surface area contributed by atoms with E-state index in [4.69, 9.17) is 28.3 Å². The molecular weight excluding hydrogens is 259 g/mol. The molecule has 1 saturated heterocycles. The molecule has 1 unspecified atom stereocenters. The lowest BCUT2D eigenvalue weighted by Crippen LogP contribution is -2.21. The highest BCUT2D eigenvalue weighted by molar-refractivity contribution is 6.32. The van der Waals surface area contributed by atoms with Gasteiger partial charge in [-0.15, -0.1) is 0 Å². The first-order valence-corrected chi connectivity index (χ1v) is 6.58. The molecule has 0 amide bonds. The van der Waals surface area contributed by atoms with Crippen LogP contribution in [0.25, 0.3) is 0 Å². The summed E-state index contributed by atoms with van der Waals surface area (Å²) in [7, 11) is 0. The molecule has 17 heavy (non-hydrogen) atoms. The molecule has 1 aliphatic heterocycles. The first-order chi connectivity index (χ1) is 8.19. The van der Waals surface area contributed by atoms with Gasteiger partial charge >= 0.3 is 0 Å². The largest absolute Gasteiger partial charge is 0.396 e. The van der Waals surface area contributed by atoms with Crippen molar-refractivity contribution in [1.82, 2.24) is 9.88 Å². The van der Waals surface area contributed by atoms with Crippen molar-refractivity contribution in [1.29, 1.82) is 0 Å². The predicted octanol–water partition coefficient (Wildman–Crippen LogP) is 2.59. The van der Waals surface area contributed by atoms with Gasteiger partial charge in [-0.3, -0.25) is 4.90 Å². The van der Waals surface area contributed by atoms with Crippen molar-refractivity contribution in [2.45, 2.75) is 19.4 Å². The molecule has 0 bridgehead atoms. The van der Waals surface area contributed by atoms with Gasteiger partial charge in [0.05, 0.1) is 10.7 Å². The molecule has 3 nitrogen and oxygen atoms in total. The van der Waals surface area contributed by atoms with Crippen molar-refractivity contribution < 1.29 is 5.11 Å². The van der Waals surface area contributed by atoms with E-state index < -0.39 is 0 Å². The molecule has 1 fully saturated rings. The molecule has 0 radical (unpaired) electrons. The third-order valence-electron chi connectivity index (χ3n) is 3.17. The lowest BCUT2D eigenvalue weighted by atomic mass is 10.1. The fourth-order valence-electron chi connectivity index (χ4n) is 2.26. The summed E-state index contributed by atoms with van der Waals surface area (Å²) in [6.07, 6.45) is 2.02. The number of hydrogen-bond donors (Lipinski definition) is 1. The van der Waals surface area contributed by atoms with Crippen LogP contribution in [0.3, 0.4) is 0 Å². The van der Waals surface area contributed by atoms with Crippen LogP contribution in [0, 0.1) is 5.92 Å². The zero-order valence-electron chi connectivity index (χ0n) is 9.57. The summed E-state index contributed by atoms with van der Waals surface area (Å²) in [5, 5.41) is 10.1. The Bertz CT molecular complexity index is 387. The Labute approximate surface area is 111 Å². The number of rotatable bonds is 4. The van der Waals surface area contributed by atoms with Crippen LogP contribution in [0.2, 0.25) is 10.2 Å². The number of nitrogens with zero attached hydrogens (tertiary/aromatic N) is 2. The van der Waals surface area contributed by atoms with Gasteiger partial charge in [0.25, 0.3) is 0 Å². The van der Waals surface area contributed by atoms with E-state index in [0.717, 1.165) is 38.2 Å². The molecule has 0 saturated carbocycles. The van der Waals surface area contributed by atoms with Crippen LogP contribution in [0.4, 0.5) is 0 Å². The molecule has 1 atom stereocenters. The Balaban J connectivity index is 1.95. The minimum Gasteiger partial charge on any atom is -0.396 e. The average molecular weight is 275 g/mol. The van der Waals surface area contributed by atoms with Crippen molar-refractivity contribution >= 4 is 23.2 Å². The van der Waals surface area contributed by atoms with Gasteiger partial charge in [0.1, 0.15) is 5.15 Å². The number of pyridine rings is 1. The highest BCUT2D eigenvalue weighted by atomic mass is 35.5. The Morgan fingerprint density at radius 2 is 2.24 bits per heavy atom. The lowest BCUT2D eigenvalue weighted by molar-refractivity contribution is 0.249. The first kappa shape index (κ1) is 13.1. The maximum absolute atomic E-state index is 8.91. The van der Waals surface area contributed by atoms with Gasteiger partial charge in [-0.05, 0) is 37.4 Å². The summed E-state index contributed by atoms with van der Waals surface area (Å²) >= 11 is 11.9. The van der Waals surface area contributed by atoms with Crippen molar-refractivity contribution in [3.8, 4) is 0 Å². The van der Waals surface area contributed by atoms with Gasteiger partial charge < -0.3 is 5.11 Å². The van der Waals surface area contributed by atoms with Crippen LogP contribution in [-0.4, -0.2) is 34.7 Å². The van der Waals surface area contributed by atoms with Crippen molar-refractivity contribution in [2.24, 2.45) is 5.92 Å². The SMILES string of the molecule is OCCC1CCN(Cc2nc(Cl)ccc2Cl)C1. The summed E-state index contributed by atoms with van der Waals surface area (Å²) in [4.78, 5) is 6.56. The Hall–Kier alpha value is -0.350. The fraction of sp³-hybridized carbons (Fsp3) is 0.583. The number of aliphatic hydroxyl groups excluding tert-OH is 1. The van der Waals surface area contributed by atoms with Gasteiger partial charge in [0.15, 0.2) is 0 Å². The molecule has 1 aromatic rings. The van der Waals surface area contributed by atoms with Gasteiger partial charge in [-0.25, -0.2) is 4.98 Å². The summed E-state index contributed by atoms with van der Waals surface area (Å²) in [5.41, 5.74) is 0.837. The smallest absolute Gasteiger partial charge is 0.129 e. The van der Waals surface area contributed by atoms with Crippen LogP contribution < -0.4 is 0 Å². The van der Waals surface area contributed by atoms with Crippen LogP contribution in [0.5, 0.6) is 0 Å². The third-order valence-corrected chi connectivity index (χ3v) is 3.72. The van der Waals surface area contributed by atoms with Crippen LogP contribution in [0.15, 0.2) is 12.1 Å². The van der Waals surface area contributed by atoms with Gasteiger partial charge in [-0.2, -0.15) is 0 Å². The molecule has 2 rings (SSSR count). The van der Waals surface area contributed by atoms with Crippen LogP contribution in [-0.2, 0) is 6.54 Å². The third kappa shape index (κ3) is 3.55. The van der Waals surface area contributed by atoms with E-state index in [2.05, 4.69) is 9.88 Å². The summed E-state index contributed by atoms with van der Waals surface area (Å²) in [6.45, 7) is 3.05. The predicted molar refractivity (Wildman–Crippen MR) is 69.3 cm³/mol. The number of aromatic nitrogens is 1. The summed E-state index contributed by atoms with van der Waals surface area (Å²) < 4.78 is 0. The van der Waals surface area contributed by atoms with E-state index in [1.165, 1.54) is 0 Å². The molecule has 2 heterocycles. The first-order valence-electron chi connectivity index (χ1n) is 5.83. The monoisotopic (exact) mass is 274 g/mol. The minimum absolute atomic E-state index is 0.272. The van der Waals surface area contributed by atoms with Gasteiger partial charge in [0.2, 0.25) is 0 Å². The average Bonchev–Trinajstić information content (AvgIpc) is 2.72. The van der Waals surface area contributed by atoms with Gasteiger partial charge in [-0.1, -0.05) is 23.2 Å². The molecule has 1 aliphatic rings. The fourth-order valence-corrected chi connectivity index (χ4v) is 2.59. The number of likely N-dealkylation sites (tertiary alicyclic amines) is 1. The quantitative estimate of drug-likeness (QED) is 0.858. The van der Waals surface area contributed by atoms with E-state index in [1.54, 1.807) is 12.1 Å². The maximum atomic E-state index is 8.91. The second kappa shape index (κ2) is 6.01. The molecule has 1 N–H and O–H groups in total. The molecule has 94 valence electrons. The number of halogens is 2. The van der Waals surface area contributed by atoms with Gasteiger partial charge in [0, 0.05) is 19.7 Å². The van der Waals surface area contributed by atoms with E-state index in [0.29, 0.717) is 16.1 Å². The maximum Gasteiger partial charge on any atom is 0.129 e. The van der Waals surface area contributed by atoms with Crippen LogP contribution >= 0.6 is 23.2 Å². The highest BCUT2D eigenvalue weighted by Crippen LogP contribution is 2.24. The Morgan fingerprint density at radius 3 is 3.00 bits per heavy atom. The molecule has 1 aromatic heterocycles. The van der Waals surface area contributed by atoms with E-state index in [9.17, 15) is 0 Å². The van der Waals surface area contributed by atoms with E-state index in [-0.39, 0.29) is 6.61 Å². The zero-order valence-corrected chi connectivity index (χ0v) is 11.1. The zero-order chi connectivity index (χ0) is 12.3. The number of hydrogen-bond acceptors (Lipinski definition) is 3. The normalized spacial score (nSPS) is 21.0. The summed E-state index contributed by atoms with van der Waals surface area (Å²) in [6, 6.07) is 3.49. The second-order valence-electron chi connectivity index (χ2n) is 4.46. The molecule has 0 aliphatic carbocycles. The summed E-state index contributed by atoms with van der Waals surface area (Å²) in [5.74, 6) is 0.595. The van der Waals surface area contributed by atoms with Crippen molar-refractivity contribution in [3.63, 3.8) is 0 Å². The lowest BCUT2D eigenvalue weighted by Gasteiger charge is -2.16. The standard InChI is InChI=1S/C12H16Cl2N2O/c13-10-1-2-12(14)15-11(10)8-16-5-3-9(7-16)4-6-17/h1-2,9,17H,3-8H2. The van der Waals surface area contributed by atoms with E-state index in [1.807, 2.05) is 0 Å². The second-order valence-corrected chi connectivity index (χ2v) is 5.26. The molecule has 0 spiro atoms. The number of aliphatic hydroxyl groups is 1. The Morgan fingerprint density at radius 1 is 1.41 bits per heavy atom. The highest BCUT2D eigenvalue weighted by Gasteiger charge is 2.22. The van der Waals surface area contributed by atoms with Crippen molar-refractivity contribution in [3.05, 3.63) is 28.0 Å². The van der Waals surface area contributed by atoms with Crippen LogP contribution in [0.1, 0.15) is 18.5 Å². The minimum atomic E-state index is 0.272. The topological polar surface area (TPSA) is 36.4 Å². The molecule has 5 heteroatoms.